The molecule has 4 atom stereocenters. The molecule has 0 N–H and O–H groups in total. The average molecular weight is 437 g/mol. The summed E-state index contributed by atoms with van der Waals surface area (Å²) in [6.45, 7) is 12.3. The second-order valence-corrected chi connectivity index (χ2v) is 8.43. The maximum absolute atomic E-state index is 12.2. The lowest BCUT2D eigenvalue weighted by atomic mass is 9.73. The van der Waals surface area contributed by atoms with E-state index in [1.165, 1.54) is 13.8 Å². The third-order valence-corrected chi connectivity index (χ3v) is 5.58. The van der Waals surface area contributed by atoms with E-state index >= 15 is 0 Å². The van der Waals surface area contributed by atoms with E-state index in [9.17, 15) is 19.2 Å². The largest absolute Gasteiger partial charge is 0.466 e. The molecular formula is C23H32O8. The number of ether oxygens (including phenoxy) is 4. The first-order valence-corrected chi connectivity index (χ1v) is 10.6. The molecular weight excluding hydrogens is 404 g/mol. The Labute approximate surface area is 182 Å². The Hall–Kier alpha value is -2.64. The van der Waals surface area contributed by atoms with Crippen molar-refractivity contribution >= 4 is 23.9 Å². The second-order valence-electron chi connectivity index (χ2n) is 8.43. The number of carbonyl (C=O) groups excluding carboxylic acids is 4. The van der Waals surface area contributed by atoms with Crippen molar-refractivity contribution in [3.63, 3.8) is 0 Å². The van der Waals surface area contributed by atoms with E-state index in [2.05, 4.69) is 6.58 Å². The molecule has 31 heavy (non-hydrogen) atoms. The van der Waals surface area contributed by atoms with E-state index in [0.29, 0.717) is 19.3 Å². The minimum Gasteiger partial charge on any atom is -0.466 e. The second kappa shape index (κ2) is 10.6. The van der Waals surface area contributed by atoms with Crippen molar-refractivity contribution in [2.75, 3.05) is 13.2 Å². The molecule has 1 heterocycles. The molecule has 172 valence electrons. The first-order valence-electron chi connectivity index (χ1n) is 10.6. The number of rotatable bonds is 9. The zero-order valence-electron chi connectivity index (χ0n) is 18.9. The van der Waals surface area contributed by atoms with Crippen molar-refractivity contribution < 1.29 is 38.1 Å². The molecule has 0 saturated carbocycles. The molecule has 8 nitrogen and oxygen atoms in total. The van der Waals surface area contributed by atoms with Gasteiger partial charge in [0.2, 0.25) is 0 Å². The quantitative estimate of drug-likeness (QED) is 0.179. The third-order valence-electron chi connectivity index (χ3n) is 5.58. The Morgan fingerprint density at radius 1 is 1.13 bits per heavy atom. The van der Waals surface area contributed by atoms with Gasteiger partial charge < -0.3 is 18.9 Å². The molecule has 2 rings (SSSR count). The van der Waals surface area contributed by atoms with Crippen molar-refractivity contribution in [2.24, 2.45) is 17.8 Å². The fourth-order valence-corrected chi connectivity index (χ4v) is 4.12. The van der Waals surface area contributed by atoms with Crippen LogP contribution in [0.4, 0.5) is 0 Å². The molecule has 0 amide bonds. The lowest BCUT2D eigenvalue weighted by molar-refractivity contribution is -0.151. The molecule has 0 spiro atoms. The summed E-state index contributed by atoms with van der Waals surface area (Å²) in [7, 11) is 0. The van der Waals surface area contributed by atoms with Gasteiger partial charge in [0, 0.05) is 25.8 Å². The summed E-state index contributed by atoms with van der Waals surface area (Å²) in [5.74, 6) is -2.51. The van der Waals surface area contributed by atoms with Gasteiger partial charge in [-0.3, -0.25) is 14.4 Å². The van der Waals surface area contributed by atoms with Crippen LogP contribution in [-0.4, -0.2) is 49.3 Å². The number of hydrogen-bond acceptors (Lipinski definition) is 8. The average Bonchev–Trinajstić information content (AvgIpc) is 2.96. The highest BCUT2D eigenvalue weighted by atomic mass is 16.6. The van der Waals surface area contributed by atoms with Gasteiger partial charge in [-0.1, -0.05) is 27.4 Å². The standard InChI is InChI=1S/C23H32O8/c1-12(2)22(26)29-11-17-10-18-20(14(4)23(27)31-18)21(30-16(6)25)19(17)13(3)8-7-9-28-15(5)24/h12-13,18,20-21H,4,7-11H2,1-3,5-6H3/t13-,18-,20+,21+/m0/s1. The fraction of sp³-hybridized carbons (Fsp3) is 0.652. The molecule has 0 radical (unpaired) electrons. The van der Waals surface area contributed by atoms with Gasteiger partial charge in [-0.15, -0.1) is 0 Å². The number of carbonyl (C=O) groups is 4. The molecule has 0 bridgehead atoms. The highest BCUT2D eigenvalue weighted by Crippen LogP contribution is 2.45. The Balaban J connectivity index is 2.35. The highest BCUT2D eigenvalue weighted by Gasteiger charge is 2.50. The van der Waals surface area contributed by atoms with Crippen LogP contribution in [0.15, 0.2) is 23.3 Å². The van der Waals surface area contributed by atoms with Gasteiger partial charge in [0.15, 0.2) is 0 Å². The van der Waals surface area contributed by atoms with E-state index in [1.54, 1.807) is 13.8 Å². The maximum atomic E-state index is 12.2. The first-order chi connectivity index (χ1) is 14.5. The number of esters is 4. The smallest absolute Gasteiger partial charge is 0.334 e. The lowest BCUT2D eigenvalue weighted by Gasteiger charge is -2.38. The molecule has 1 fully saturated rings. The number of hydrogen-bond donors (Lipinski definition) is 0. The summed E-state index contributed by atoms with van der Waals surface area (Å²) in [4.78, 5) is 47.1. The molecule has 0 aromatic heterocycles. The predicted molar refractivity (Wildman–Crippen MR) is 111 cm³/mol. The van der Waals surface area contributed by atoms with E-state index < -0.39 is 30.1 Å². The van der Waals surface area contributed by atoms with Gasteiger partial charge in [-0.25, -0.2) is 4.79 Å². The van der Waals surface area contributed by atoms with Gasteiger partial charge in [-0.05, 0) is 29.9 Å². The molecule has 1 aliphatic heterocycles. The normalized spacial score (nSPS) is 23.9. The minimum absolute atomic E-state index is 0.0334. The van der Waals surface area contributed by atoms with Crippen LogP contribution in [0.3, 0.4) is 0 Å². The fourth-order valence-electron chi connectivity index (χ4n) is 4.12. The van der Waals surface area contributed by atoms with E-state index in [1.807, 2.05) is 6.92 Å². The zero-order valence-corrected chi connectivity index (χ0v) is 18.9. The third kappa shape index (κ3) is 6.18. The first kappa shape index (κ1) is 24.6. The molecule has 0 aromatic carbocycles. The van der Waals surface area contributed by atoms with Crippen LogP contribution in [0, 0.1) is 17.8 Å². The van der Waals surface area contributed by atoms with Gasteiger partial charge in [0.25, 0.3) is 0 Å². The molecule has 1 aliphatic carbocycles. The van der Waals surface area contributed by atoms with E-state index in [4.69, 9.17) is 18.9 Å². The molecule has 1 saturated heterocycles. The van der Waals surface area contributed by atoms with Crippen LogP contribution >= 0.6 is 0 Å². The van der Waals surface area contributed by atoms with Gasteiger partial charge in [0.1, 0.15) is 18.8 Å². The molecule has 2 aliphatic rings. The lowest BCUT2D eigenvalue weighted by Crippen LogP contribution is -2.41. The van der Waals surface area contributed by atoms with Crippen LogP contribution in [-0.2, 0) is 38.1 Å². The molecule has 8 heteroatoms. The van der Waals surface area contributed by atoms with Gasteiger partial charge >= 0.3 is 23.9 Å². The Morgan fingerprint density at radius 3 is 2.39 bits per heavy atom. The SMILES string of the molecule is C=C1C(=O)O[C@H]2CC(COC(=O)C(C)C)=C([C@@H](C)CCCOC(C)=O)[C@@H](OC(C)=O)[C@H]12. The van der Waals surface area contributed by atoms with Crippen molar-refractivity contribution in [3.05, 3.63) is 23.3 Å². The van der Waals surface area contributed by atoms with E-state index in [-0.39, 0.29) is 42.6 Å². The summed E-state index contributed by atoms with van der Waals surface area (Å²) in [5, 5.41) is 0. The summed E-state index contributed by atoms with van der Waals surface area (Å²) in [6.07, 6.45) is 0.393. The Kier molecular flexibility index (Phi) is 8.42. The Morgan fingerprint density at radius 2 is 1.81 bits per heavy atom. The van der Waals surface area contributed by atoms with Crippen molar-refractivity contribution in [1.82, 2.24) is 0 Å². The Bertz CT molecular complexity index is 778. The maximum Gasteiger partial charge on any atom is 0.334 e. The molecule has 0 aromatic rings. The minimum atomic E-state index is -0.730. The summed E-state index contributed by atoms with van der Waals surface area (Å²) < 4.78 is 21.6. The molecule has 0 unspecified atom stereocenters. The van der Waals surface area contributed by atoms with Crippen LogP contribution < -0.4 is 0 Å². The van der Waals surface area contributed by atoms with Crippen molar-refractivity contribution in [1.29, 1.82) is 0 Å². The highest BCUT2D eigenvalue weighted by molar-refractivity contribution is 5.91. The topological polar surface area (TPSA) is 105 Å². The number of fused-ring (bicyclic) bond motifs is 1. The summed E-state index contributed by atoms with van der Waals surface area (Å²) in [6, 6.07) is 0. The van der Waals surface area contributed by atoms with E-state index in [0.717, 1.165) is 11.1 Å². The van der Waals surface area contributed by atoms with Gasteiger partial charge in [0.05, 0.1) is 18.4 Å². The summed E-state index contributed by atoms with van der Waals surface area (Å²) >= 11 is 0. The van der Waals surface area contributed by atoms with Crippen LogP contribution in [0.5, 0.6) is 0 Å². The van der Waals surface area contributed by atoms with Crippen LogP contribution in [0.1, 0.15) is 53.9 Å². The zero-order chi connectivity index (χ0) is 23.3. The van der Waals surface area contributed by atoms with Gasteiger partial charge in [-0.2, -0.15) is 0 Å². The van der Waals surface area contributed by atoms with Crippen LogP contribution in [0.25, 0.3) is 0 Å². The predicted octanol–water partition coefficient (Wildman–Crippen LogP) is 2.89. The van der Waals surface area contributed by atoms with Crippen LogP contribution in [0.2, 0.25) is 0 Å². The van der Waals surface area contributed by atoms with Crippen molar-refractivity contribution in [2.45, 2.75) is 66.1 Å². The monoisotopic (exact) mass is 436 g/mol. The van der Waals surface area contributed by atoms with Crippen molar-refractivity contribution in [3.8, 4) is 0 Å². The summed E-state index contributed by atoms with van der Waals surface area (Å²) in [5.41, 5.74) is 1.87.